The zero-order valence-electron chi connectivity index (χ0n) is 8.94. The van der Waals surface area contributed by atoms with Gasteiger partial charge in [0.2, 0.25) is 5.91 Å². The Hall–Kier alpha value is -1.10. The van der Waals surface area contributed by atoms with Crippen molar-refractivity contribution in [2.45, 2.75) is 19.8 Å². The van der Waals surface area contributed by atoms with Gasteiger partial charge in [0.25, 0.3) is 0 Å². The molecular weight excluding hydrogens is 198 g/mol. The van der Waals surface area contributed by atoms with Crippen LogP contribution in [0.2, 0.25) is 0 Å². The standard InChI is InChI=1S/C10H17NO4/c1-8(7-10(13)14)6-9(12)11-2-4-15-5-3-11/h8H,2-7H2,1H3,(H,13,14)/t8-/m0/s1. The number of ether oxygens (including phenoxy) is 1. The first-order valence-electron chi connectivity index (χ1n) is 5.17. The Morgan fingerprint density at radius 3 is 2.47 bits per heavy atom. The zero-order valence-corrected chi connectivity index (χ0v) is 8.94. The predicted octanol–water partition coefficient (Wildman–Crippen LogP) is 0.346. The molecule has 1 aliphatic rings. The average molecular weight is 215 g/mol. The minimum Gasteiger partial charge on any atom is -0.481 e. The molecule has 5 heteroatoms. The molecular formula is C10H17NO4. The quantitative estimate of drug-likeness (QED) is 0.734. The summed E-state index contributed by atoms with van der Waals surface area (Å²) in [5, 5.41) is 8.56. The molecule has 1 atom stereocenters. The Bertz CT molecular complexity index is 236. The van der Waals surface area contributed by atoms with Crippen LogP contribution in [0, 0.1) is 5.92 Å². The van der Waals surface area contributed by atoms with Gasteiger partial charge in [0.05, 0.1) is 13.2 Å². The molecule has 0 aromatic heterocycles. The first kappa shape index (κ1) is 12.0. The summed E-state index contributed by atoms with van der Waals surface area (Å²) in [5.41, 5.74) is 0. The van der Waals surface area contributed by atoms with Crippen LogP contribution < -0.4 is 0 Å². The van der Waals surface area contributed by atoms with Crippen molar-refractivity contribution >= 4 is 11.9 Å². The third kappa shape index (κ3) is 4.29. The fraction of sp³-hybridized carbons (Fsp3) is 0.800. The molecule has 0 bridgehead atoms. The summed E-state index contributed by atoms with van der Waals surface area (Å²) in [6.07, 6.45) is 0.363. The van der Waals surface area contributed by atoms with Crippen molar-refractivity contribution in [1.29, 1.82) is 0 Å². The lowest BCUT2D eigenvalue weighted by atomic mass is 10.0. The number of aliphatic carboxylic acids is 1. The van der Waals surface area contributed by atoms with Gasteiger partial charge in [0.1, 0.15) is 0 Å². The number of morpholine rings is 1. The van der Waals surface area contributed by atoms with E-state index in [2.05, 4.69) is 0 Å². The Labute approximate surface area is 89.0 Å². The highest BCUT2D eigenvalue weighted by Crippen LogP contribution is 2.10. The summed E-state index contributed by atoms with van der Waals surface area (Å²) in [4.78, 5) is 23.8. The van der Waals surface area contributed by atoms with Crippen molar-refractivity contribution in [1.82, 2.24) is 4.90 Å². The maximum Gasteiger partial charge on any atom is 0.303 e. The largest absolute Gasteiger partial charge is 0.481 e. The van der Waals surface area contributed by atoms with E-state index in [0.717, 1.165) is 0 Å². The molecule has 0 aromatic rings. The molecule has 1 fully saturated rings. The molecule has 0 saturated carbocycles. The van der Waals surface area contributed by atoms with Crippen LogP contribution in [0.5, 0.6) is 0 Å². The molecule has 0 aliphatic carbocycles. The van der Waals surface area contributed by atoms with Crippen LogP contribution in [0.25, 0.3) is 0 Å². The number of carbonyl (C=O) groups is 2. The van der Waals surface area contributed by atoms with Gasteiger partial charge in [-0.3, -0.25) is 9.59 Å². The SMILES string of the molecule is C[C@H](CC(=O)O)CC(=O)N1CCOCC1. The summed E-state index contributed by atoms with van der Waals surface area (Å²) >= 11 is 0. The fourth-order valence-corrected chi connectivity index (χ4v) is 1.61. The highest BCUT2D eigenvalue weighted by atomic mass is 16.5. The van der Waals surface area contributed by atoms with Crippen molar-refractivity contribution in [2.24, 2.45) is 5.92 Å². The summed E-state index contributed by atoms with van der Waals surface area (Å²) in [6, 6.07) is 0. The van der Waals surface area contributed by atoms with Crippen LogP contribution >= 0.6 is 0 Å². The van der Waals surface area contributed by atoms with E-state index in [1.54, 1.807) is 11.8 Å². The number of carboxylic acids is 1. The van der Waals surface area contributed by atoms with Crippen LogP contribution in [0.4, 0.5) is 0 Å². The third-order valence-corrected chi connectivity index (χ3v) is 2.41. The minimum absolute atomic E-state index is 0.0343. The number of rotatable bonds is 4. The van der Waals surface area contributed by atoms with Crippen molar-refractivity contribution in [2.75, 3.05) is 26.3 Å². The Kier molecular flexibility index (Phi) is 4.55. The van der Waals surface area contributed by atoms with E-state index in [0.29, 0.717) is 32.7 Å². The molecule has 1 rings (SSSR count). The van der Waals surface area contributed by atoms with Crippen LogP contribution in [0.1, 0.15) is 19.8 Å². The number of hydrogen-bond acceptors (Lipinski definition) is 3. The maximum atomic E-state index is 11.7. The molecule has 0 unspecified atom stereocenters. The van der Waals surface area contributed by atoms with Crippen molar-refractivity contribution in [3.63, 3.8) is 0 Å². The van der Waals surface area contributed by atoms with Crippen molar-refractivity contribution < 1.29 is 19.4 Å². The Balaban J connectivity index is 2.30. The molecule has 0 aromatic carbocycles. The predicted molar refractivity (Wildman–Crippen MR) is 53.4 cm³/mol. The number of amides is 1. The zero-order chi connectivity index (χ0) is 11.3. The van der Waals surface area contributed by atoms with E-state index in [1.807, 2.05) is 0 Å². The van der Waals surface area contributed by atoms with E-state index in [-0.39, 0.29) is 18.2 Å². The molecule has 5 nitrogen and oxygen atoms in total. The molecule has 15 heavy (non-hydrogen) atoms. The number of nitrogens with zero attached hydrogens (tertiary/aromatic N) is 1. The Morgan fingerprint density at radius 1 is 1.33 bits per heavy atom. The van der Waals surface area contributed by atoms with E-state index in [9.17, 15) is 9.59 Å². The van der Waals surface area contributed by atoms with Crippen molar-refractivity contribution in [3.05, 3.63) is 0 Å². The first-order valence-corrected chi connectivity index (χ1v) is 5.17. The van der Waals surface area contributed by atoms with Gasteiger partial charge in [-0.15, -0.1) is 0 Å². The second-order valence-electron chi connectivity index (χ2n) is 3.90. The summed E-state index contributed by atoms with van der Waals surface area (Å²) in [7, 11) is 0. The smallest absolute Gasteiger partial charge is 0.303 e. The second kappa shape index (κ2) is 5.70. The fourth-order valence-electron chi connectivity index (χ4n) is 1.61. The Morgan fingerprint density at radius 2 is 1.93 bits per heavy atom. The molecule has 1 aliphatic heterocycles. The number of carbonyl (C=O) groups excluding carboxylic acids is 1. The molecule has 86 valence electrons. The minimum atomic E-state index is -0.850. The molecule has 1 saturated heterocycles. The van der Waals surface area contributed by atoms with E-state index in [1.165, 1.54) is 0 Å². The van der Waals surface area contributed by atoms with Gasteiger partial charge in [-0.25, -0.2) is 0 Å². The van der Waals surface area contributed by atoms with Crippen molar-refractivity contribution in [3.8, 4) is 0 Å². The lowest BCUT2D eigenvalue weighted by Crippen LogP contribution is -2.41. The summed E-state index contributed by atoms with van der Waals surface area (Å²) < 4.78 is 5.13. The molecule has 1 heterocycles. The summed E-state index contributed by atoms with van der Waals surface area (Å²) in [5.74, 6) is -0.915. The van der Waals surface area contributed by atoms with Crippen LogP contribution in [0.3, 0.4) is 0 Å². The van der Waals surface area contributed by atoms with Gasteiger partial charge < -0.3 is 14.7 Å². The van der Waals surface area contributed by atoms with Gasteiger partial charge in [-0.1, -0.05) is 6.92 Å². The van der Waals surface area contributed by atoms with Gasteiger partial charge in [-0.05, 0) is 5.92 Å². The lowest BCUT2D eigenvalue weighted by molar-refractivity contribution is -0.139. The third-order valence-electron chi connectivity index (χ3n) is 2.41. The number of hydrogen-bond donors (Lipinski definition) is 1. The lowest BCUT2D eigenvalue weighted by Gasteiger charge is -2.27. The van der Waals surface area contributed by atoms with Crippen LogP contribution in [0.15, 0.2) is 0 Å². The van der Waals surface area contributed by atoms with Gasteiger partial charge in [0.15, 0.2) is 0 Å². The first-order chi connectivity index (χ1) is 7.09. The molecule has 0 spiro atoms. The monoisotopic (exact) mass is 215 g/mol. The van der Waals surface area contributed by atoms with Crippen LogP contribution in [-0.4, -0.2) is 48.2 Å². The number of carboxylic acid groups (broad SMARTS) is 1. The second-order valence-corrected chi connectivity index (χ2v) is 3.90. The topological polar surface area (TPSA) is 66.8 Å². The van der Waals surface area contributed by atoms with Gasteiger partial charge in [-0.2, -0.15) is 0 Å². The molecule has 1 amide bonds. The normalized spacial score (nSPS) is 18.6. The van der Waals surface area contributed by atoms with Gasteiger partial charge >= 0.3 is 5.97 Å². The maximum absolute atomic E-state index is 11.7. The molecule has 1 N–H and O–H groups in total. The van der Waals surface area contributed by atoms with E-state index < -0.39 is 5.97 Å². The average Bonchev–Trinajstić information content (AvgIpc) is 2.17. The molecule has 0 radical (unpaired) electrons. The summed E-state index contributed by atoms with van der Waals surface area (Å²) in [6.45, 7) is 4.20. The van der Waals surface area contributed by atoms with Crippen LogP contribution in [-0.2, 0) is 14.3 Å². The van der Waals surface area contributed by atoms with E-state index >= 15 is 0 Å². The highest BCUT2D eigenvalue weighted by Gasteiger charge is 2.19. The highest BCUT2D eigenvalue weighted by molar-refractivity contribution is 5.77. The van der Waals surface area contributed by atoms with E-state index in [4.69, 9.17) is 9.84 Å². The van der Waals surface area contributed by atoms with Gasteiger partial charge in [0, 0.05) is 25.9 Å².